The Bertz CT molecular complexity index is 311. The normalized spacial score (nSPS) is 12.1. The maximum absolute atomic E-state index is 11.7. The molecule has 3 nitrogen and oxygen atoms in total. The Morgan fingerprint density at radius 1 is 1.38 bits per heavy atom. The summed E-state index contributed by atoms with van der Waals surface area (Å²) in [6.07, 6.45) is 2.60. The Balaban J connectivity index is 2.41. The maximum Gasteiger partial charge on any atom is 0.224 e. The lowest BCUT2D eigenvalue weighted by Gasteiger charge is -2.13. The van der Waals surface area contributed by atoms with Crippen molar-refractivity contribution in [1.82, 2.24) is 0 Å². The first-order valence-corrected chi connectivity index (χ1v) is 5.81. The van der Waals surface area contributed by atoms with Gasteiger partial charge in [-0.3, -0.25) is 4.79 Å². The molecule has 1 aromatic carbocycles. The van der Waals surface area contributed by atoms with Crippen molar-refractivity contribution in [2.75, 3.05) is 11.9 Å². The van der Waals surface area contributed by atoms with Crippen molar-refractivity contribution < 1.29 is 4.79 Å². The summed E-state index contributed by atoms with van der Waals surface area (Å²) in [6.45, 7) is 2.69. The summed E-state index contributed by atoms with van der Waals surface area (Å²) in [7, 11) is 0. The molecule has 16 heavy (non-hydrogen) atoms. The number of para-hydroxylation sites is 1. The van der Waals surface area contributed by atoms with E-state index in [1.165, 1.54) is 0 Å². The summed E-state index contributed by atoms with van der Waals surface area (Å²) in [5, 5.41) is 2.87. The molecule has 1 aromatic rings. The van der Waals surface area contributed by atoms with Gasteiger partial charge in [-0.2, -0.15) is 0 Å². The van der Waals surface area contributed by atoms with Gasteiger partial charge in [-0.05, 0) is 31.0 Å². The lowest BCUT2D eigenvalue weighted by atomic mass is 10.00. The summed E-state index contributed by atoms with van der Waals surface area (Å²) >= 11 is 0. The quantitative estimate of drug-likeness (QED) is 0.773. The van der Waals surface area contributed by atoms with Crippen molar-refractivity contribution in [2.24, 2.45) is 11.7 Å². The lowest BCUT2D eigenvalue weighted by Crippen LogP contribution is -2.22. The van der Waals surface area contributed by atoms with E-state index in [1.54, 1.807) is 0 Å². The average molecular weight is 220 g/mol. The van der Waals surface area contributed by atoms with E-state index in [0.29, 0.717) is 18.9 Å². The van der Waals surface area contributed by atoms with Crippen molar-refractivity contribution in [1.29, 1.82) is 0 Å². The number of anilines is 1. The number of benzene rings is 1. The highest BCUT2D eigenvalue weighted by atomic mass is 16.1. The molecule has 0 saturated carbocycles. The molecule has 1 unspecified atom stereocenters. The minimum Gasteiger partial charge on any atom is -0.330 e. The highest BCUT2D eigenvalue weighted by Gasteiger charge is 2.11. The Kier molecular flexibility index (Phi) is 5.57. The monoisotopic (exact) mass is 220 g/mol. The van der Waals surface area contributed by atoms with Crippen LogP contribution in [0.15, 0.2) is 30.3 Å². The van der Waals surface area contributed by atoms with Gasteiger partial charge in [-0.1, -0.05) is 31.5 Å². The molecule has 1 atom stereocenters. The number of nitrogens with two attached hydrogens (primary N) is 1. The summed E-state index contributed by atoms with van der Waals surface area (Å²) in [5.41, 5.74) is 6.47. The van der Waals surface area contributed by atoms with Gasteiger partial charge >= 0.3 is 0 Å². The van der Waals surface area contributed by atoms with Crippen LogP contribution in [0.1, 0.15) is 26.2 Å². The SMILES string of the molecule is CCCC(CN)CC(=O)Nc1ccccc1. The lowest BCUT2D eigenvalue weighted by molar-refractivity contribution is -0.117. The summed E-state index contributed by atoms with van der Waals surface area (Å²) in [6, 6.07) is 9.50. The fraction of sp³-hybridized carbons (Fsp3) is 0.462. The molecule has 0 radical (unpaired) electrons. The molecule has 0 aliphatic carbocycles. The predicted octanol–water partition coefficient (Wildman–Crippen LogP) is 2.39. The number of carbonyl (C=O) groups is 1. The summed E-state index contributed by atoms with van der Waals surface area (Å²) in [4.78, 5) is 11.7. The van der Waals surface area contributed by atoms with E-state index in [2.05, 4.69) is 12.2 Å². The van der Waals surface area contributed by atoms with Crippen LogP contribution in [0.3, 0.4) is 0 Å². The Morgan fingerprint density at radius 2 is 2.06 bits per heavy atom. The van der Waals surface area contributed by atoms with Gasteiger partial charge in [0.15, 0.2) is 0 Å². The third-order valence-corrected chi connectivity index (χ3v) is 2.56. The van der Waals surface area contributed by atoms with Crippen LogP contribution < -0.4 is 11.1 Å². The van der Waals surface area contributed by atoms with Crippen LogP contribution >= 0.6 is 0 Å². The molecule has 0 saturated heterocycles. The van der Waals surface area contributed by atoms with Crippen molar-refractivity contribution in [3.05, 3.63) is 30.3 Å². The minimum absolute atomic E-state index is 0.0510. The number of carbonyl (C=O) groups excluding carboxylic acids is 1. The second kappa shape index (κ2) is 7.01. The Labute approximate surface area is 97.0 Å². The van der Waals surface area contributed by atoms with Crippen molar-refractivity contribution >= 4 is 11.6 Å². The standard InChI is InChI=1S/C13H20N2O/c1-2-6-11(10-14)9-13(16)15-12-7-4-3-5-8-12/h3-5,7-8,11H,2,6,9-10,14H2,1H3,(H,15,16). The van der Waals surface area contributed by atoms with Crippen molar-refractivity contribution in [2.45, 2.75) is 26.2 Å². The highest BCUT2D eigenvalue weighted by molar-refractivity contribution is 5.90. The largest absolute Gasteiger partial charge is 0.330 e. The minimum atomic E-state index is 0.0510. The third kappa shape index (κ3) is 4.45. The van der Waals surface area contributed by atoms with Gasteiger partial charge in [0.1, 0.15) is 0 Å². The van der Waals surface area contributed by atoms with Crippen LogP contribution in [-0.4, -0.2) is 12.5 Å². The molecule has 0 spiro atoms. The molecule has 0 fully saturated rings. The first-order chi connectivity index (χ1) is 7.76. The average Bonchev–Trinajstić information content (AvgIpc) is 2.29. The molecule has 1 rings (SSSR count). The van der Waals surface area contributed by atoms with E-state index in [1.807, 2.05) is 30.3 Å². The number of hydrogen-bond acceptors (Lipinski definition) is 2. The van der Waals surface area contributed by atoms with Crippen LogP contribution in [0, 0.1) is 5.92 Å². The maximum atomic E-state index is 11.7. The van der Waals surface area contributed by atoms with Gasteiger partial charge in [-0.25, -0.2) is 0 Å². The van der Waals surface area contributed by atoms with Gasteiger partial charge in [0, 0.05) is 12.1 Å². The first kappa shape index (κ1) is 12.7. The second-order valence-corrected chi connectivity index (χ2v) is 4.01. The fourth-order valence-electron chi connectivity index (χ4n) is 1.71. The summed E-state index contributed by atoms with van der Waals surface area (Å²) in [5.74, 6) is 0.351. The van der Waals surface area contributed by atoms with Crippen LogP contribution in [0.25, 0.3) is 0 Å². The van der Waals surface area contributed by atoms with E-state index in [4.69, 9.17) is 5.73 Å². The second-order valence-electron chi connectivity index (χ2n) is 4.01. The van der Waals surface area contributed by atoms with Gasteiger partial charge in [-0.15, -0.1) is 0 Å². The van der Waals surface area contributed by atoms with E-state index in [0.717, 1.165) is 18.5 Å². The van der Waals surface area contributed by atoms with E-state index in [-0.39, 0.29) is 5.91 Å². The molecule has 3 N–H and O–H groups in total. The van der Waals surface area contributed by atoms with Crippen molar-refractivity contribution in [3.63, 3.8) is 0 Å². The Morgan fingerprint density at radius 3 is 2.62 bits per heavy atom. The fourth-order valence-corrected chi connectivity index (χ4v) is 1.71. The molecule has 3 heteroatoms. The van der Waals surface area contributed by atoms with Gasteiger partial charge < -0.3 is 11.1 Å². The van der Waals surface area contributed by atoms with Crippen LogP contribution in [0.2, 0.25) is 0 Å². The molecule has 0 heterocycles. The molecule has 1 amide bonds. The molecule has 0 aromatic heterocycles. The number of hydrogen-bond donors (Lipinski definition) is 2. The number of amides is 1. The zero-order chi connectivity index (χ0) is 11.8. The predicted molar refractivity (Wildman–Crippen MR) is 67.1 cm³/mol. The van der Waals surface area contributed by atoms with Crippen LogP contribution in [0.5, 0.6) is 0 Å². The molecule has 0 aliphatic heterocycles. The van der Waals surface area contributed by atoms with Gasteiger partial charge in [0.2, 0.25) is 5.91 Å². The first-order valence-electron chi connectivity index (χ1n) is 5.81. The van der Waals surface area contributed by atoms with E-state index >= 15 is 0 Å². The third-order valence-electron chi connectivity index (χ3n) is 2.56. The van der Waals surface area contributed by atoms with Gasteiger partial charge in [0.25, 0.3) is 0 Å². The van der Waals surface area contributed by atoms with Crippen LogP contribution in [0.4, 0.5) is 5.69 Å². The number of rotatable bonds is 6. The molecular weight excluding hydrogens is 200 g/mol. The molecule has 0 bridgehead atoms. The van der Waals surface area contributed by atoms with Crippen molar-refractivity contribution in [3.8, 4) is 0 Å². The van der Waals surface area contributed by atoms with Gasteiger partial charge in [0.05, 0.1) is 0 Å². The van der Waals surface area contributed by atoms with E-state index < -0.39 is 0 Å². The zero-order valence-electron chi connectivity index (χ0n) is 9.78. The van der Waals surface area contributed by atoms with E-state index in [9.17, 15) is 4.79 Å². The number of nitrogens with one attached hydrogen (secondary N) is 1. The molecule has 0 aliphatic rings. The summed E-state index contributed by atoms with van der Waals surface area (Å²) < 4.78 is 0. The Hall–Kier alpha value is -1.35. The smallest absolute Gasteiger partial charge is 0.224 e. The molecule has 88 valence electrons. The van der Waals surface area contributed by atoms with Crippen LogP contribution in [-0.2, 0) is 4.79 Å². The molecular formula is C13H20N2O. The zero-order valence-corrected chi connectivity index (χ0v) is 9.78. The highest BCUT2D eigenvalue weighted by Crippen LogP contribution is 2.12. The topological polar surface area (TPSA) is 55.1 Å².